The lowest BCUT2D eigenvalue weighted by atomic mass is 10.1. The molecule has 7 heteroatoms. The van der Waals surface area contributed by atoms with Crippen LogP contribution in [0.2, 0.25) is 10.2 Å². The summed E-state index contributed by atoms with van der Waals surface area (Å²) in [5.41, 5.74) is 5.33. The van der Waals surface area contributed by atoms with Crippen molar-refractivity contribution in [2.24, 2.45) is 0 Å². The van der Waals surface area contributed by atoms with Crippen LogP contribution in [0.1, 0.15) is 37.5 Å². The first-order valence-electron chi connectivity index (χ1n) is 10.8. The number of anilines is 2. The van der Waals surface area contributed by atoms with Gasteiger partial charge in [0.2, 0.25) is 0 Å². The molecule has 0 saturated carbocycles. The van der Waals surface area contributed by atoms with Gasteiger partial charge < -0.3 is 14.8 Å². The number of aromatic nitrogens is 1. The number of amides is 2. The van der Waals surface area contributed by atoms with E-state index in [9.17, 15) is 9.59 Å². The molecule has 5 nitrogen and oxygen atoms in total. The highest BCUT2D eigenvalue weighted by molar-refractivity contribution is 6.31. The van der Waals surface area contributed by atoms with Crippen LogP contribution in [0.15, 0.2) is 78.9 Å². The van der Waals surface area contributed by atoms with Gasteiger partial charge in [-0.15, -0.1) is 0 Å². The summed E-state index contributed by atoms with van der Waals surface area (Å²) in [6.07, 6.45) is 0. The molecule has 3 aromatic carbocycles. The predicted molar refractivity (Wildman–Crippen MR) is 136 cm³/mol. The molecule has 0 spiro atoms. The quantitative estimate of drug-likeness (QED) is 0.354. The second-order valence-corrected chi connectivity index (χ2v) is 9.07. The summed E-state index contributed by atoms with van der Waals surface area (Å²) in [5, 5.41) is 4.11. The van der Waals surface area contributed by atoms with Gasteiger partial charge in [0, 0.05) is 33.2 Å². The van der Waals surface area contributed by atoms with Crippen molar-refractivity contribution < 1.29 is 9.59 Å². The fourth-order valence-electron chi connectivity index (χ4n) is 4.24. The van der Waals surface area contributed by atoms with Crippen molar-refractivity contribution in [3.8, 4) is 0 Å². The van der Waals surface area contributed by atoms with E-state index >= 15 is 0 Å². The average Bonchev–Trinajstić information content (AvgIpc) is 3.07. The summed E-state index contributed by atoms with van der Waals surface area (Å²) < 4.78 is 2.02. The average molecular weight is 490 g/mol. The molecule has 0 radical (unpaired) electrons. The SMILES string of the molecule is Cc1cc(Cl)ccc1C(=O)Nc1ccc(C(=O)N2Cc3ccc(Cl)n3Cc3ccccc32)cc1. The maximum Gasteiger partial charge on any atom is 0.258 e. The molecule has 34 heavy (non-hydrogen) atoms. The van der Waals surface area contributed by atoms with Gasteiger partial charge >= 0.3 is 0 Å². The minimum absolute atomic E-state index is 0.121. The van der Waals surface area contributed by atoms with Crippen molar-refractivity contribution >= 4 is 46.4 Å². The van der Waals surface area contributed by atoms with Crippen LogP contribution in [0.4, 0.5) is 11.4 Å². The third kappa shape index (κ3) is 4.20. The van der Waals surface area contributed by atoms with Crippen molar-refractivity contribution in [3.63, 3.8) is 0 Å². The van der Waals surface area contributed by atoms with Crippen LogP contribution in [-0.4, -0.2) is 16.4 Å². The number of hydrogen-bond acceptors (Lipinski definition) is 2. The molecule has 1 aliphatic heterocycles. The van der Waals surface area contributed by atoms with Crippen LogP contribution in [-0.2, 0) is 13.1 Å². The molecular weight excluding hydrogens is 469 g/mol. The fourth-order valence-corrected chi connectivity index (χ4v) is 4.69. The number of fused-ring (bicyclic) bond motifs is 2. The van der Waals surface area contributed by atoms with E-state index in [1.807, 2.05) is 47.9 Å². The third-order valence-corrected chi connectivity index (χ3v) is 6.58. The fraction of sp³-hybridized carbons (Fsp3) is 0.111. The predicted octanol–water partition coefficient (Wildman–Crippen LogP) is 6.56. The summed E-state index contributed by atoms with van der Waals surface area (Å²) in [6.45, 7) is 2.86. The van der Waals surface area contributed by atoms with Crippen molar-refractivity contribution in [2.45, 2.75) is 20.0 Å². The molecule has 0 bridgehead atoms. The van der Waals surface area contributed by atoms with Crippen LogP contribution >= 0.6 is 23.2 Å². The van der Waals surface area contributed by atoms with Crippen molar-refractivity contribution in [2.75, 3.05) is 10.2 Å². The zero-order valence-corrected chi connectivity index (χ0v) is 19.9. The standard InChI is InChI=1S/C27H21Cl2N3O2/c1-17-14-20(28)8-12-23(17)26(33)30-21-9-6-18(7-10-21)27(34)32-16-22-11-13-25(29)31(22)15-19-4-2-3-5-24(19)32/h2-14H,15-16H2,1H3,(H,30,33). The molecular formula is C27H21Cl2N3O2. The van der Waals surface area contributed by atoms with Gasteiger partial charge in [-0.1, -0.05) is 41.4 Å². The second-order valence-electron chi connectivity index (χ2n) is 8.24. The Balaban J connectivity index is 1.39. The number of carbonyl (C=O) groups is 2. The van der Waals surface area contributed by atoms with Gasteiger partial charge in [0.15, 0.2) is 0 Å². The van der Waals surface area contributed by atoms with Gasteiger partial charge in [-0.05, 0) is 78.7 Å². The van der Waals surface area contributed by atoms with E-state index in [0.717, 1.165) is 22.5 Å². The molecule has 2 amide bonds. The maximum absolute atomic E-state index is 13.5. The first-order chi connectivity index (χ1) is 16.4. The Morgan fingerprint density at radius 2 is 1.65 bits per heavy atom. The number of halogens is 2. The molecule has 0 unspecified atom stereocenters. The number of carbonyl (C=O) groups excluding carboxylic acids is 2. The van der Waals surface area contributed by atoms with E-state index in [0.29, 0.717) is 40.1 Å². The molecule has 0 saturated heterocycles. The van der Waals surface area contributed by atoms with E-state index < -0.39 is 0 Å². The van der Waals surface area contributed by atoms with Crippen LogP contribution in [0, 0.1) is 6.92 Å². The van der Waals surface area contributed by atoms with Crippen LogP contribution in [0.3, 0.4) is 0 Å². The first kappa shape index (κ1) is 22.3. The van der Waals surface area contributed by atoms with Gasteiger partial charge in [-0.3, -0.25) is 9.59 Å². The Morgan fingerprint density at radius 3 is 2.41 bits per heavy atom. The highest BCUT2D eigenvalue weighted by Gasteiger charge is 2.25. The topological polar surface area (TPSA) is 54.3 Å². The number of aryl methyl sites for hydroxylation is 1. The molecule has 4 aromatic rings. The van der Waals surface area contributed by atoms with Crippen LogP contribution in [0.25, 0.3) is 0 Å². The Kier molecular flexibility index (Phi) is 5.90. The van der Waals surface area contributed by atoms with Crippen LogP contribution < -0.4 is 10.2 Å². The largest absolute Gasteiger partial charge is 0.330 e. The minimum Gasteiger partial charge on any atom is -0.330 e. The van der Waals surface area contributed by atoms with E-state index in [-0.39, 0.29) is 11.8 Å². The molecule has 1 aromatic heterocycles. The van der Waals surface area contributed by atoms with E-state index in [4.69, 9.17) is 23.2 Å². The number of para-hydroxylation sites is 1. The number of rotatable bonds is 3. The number of nitrogens with one attached hydrogen (secondary N) is 1. The summed E-state index contributed by atoms with van der Waals surface area (Å²) >= 11 is 12.4. The molecule has 1 aliphatic rings. The lowest BCUT2D eigenvalue weighted by Gasteiger charge is -2.23. The monoisotopic (exact) mass is 489 g/mol. The lowest BCUT2D eigenvalue weighted by Crippen LogP contribution is -2.30. The molecule has 5 rings (SSSR count). The van der Waals surface area contributed by atoms with Crippen molar-refractivity contribution in [1.29, 1.82) is 0 Å². The highest BCUT2D eigenvalue weighted by Crippen LogP contribution is 2.31. The molecule has 2 heterocycles. The zero-order valence-electron chi connectivity index (χ0n) is 18.4. The van der Waals surface area contributed by atoms with E-state index in [1.165, 1.54) is 0 Å². The summed E-state index contributed by atoms with van der Waals surface area (Å²) in [4.78, 5) is 28.0. The number of hydrogen-bond donors (Lipinski definition) is 1. The summed E-state index contributed by atoms with van der Waals surface area (Å²) in [6, 6.07) is 23.7. The first-order valence-corrected chi connectivity index (χ1v) is 11.6. The Bertz CT molecular complexity index is 1410. The molecule has 170 valence electrons. The normalized spacial score (nSPS) is 12.5. The number of nitrogens with zero attached hydrogens (tertiary/aromatic N) is 2. The van der Waals surface area contributed by atoms with Gasteiger partial charge in [-0.25, -0.2) is 0 Å². The summed E-state index contributed by atoms with van der Waals surface area (Å²) in [7, 11) is 0. The summed E-state index contributed by atoms with van der Waals surface area (Å²) in [5.74, 6) is -0.350. The molecule has 0 aliphatic carbocycles. The smallest absolute Gasteiger partial charge is 0.258 e. The lowest BCUT2D eigenvalue weighted by molar-refractivity contribution is 0.0983. The van der Waals surface area contributed by atoms with Crippen molar-refractivity contribution in [1.82, 2.24) is 4.57 Å². The molecule has 1 N–H and O–H groups in total. The zero-order chi connectivity index (χ0) is 23.8. The third-order valence-electron chi connectivity index (χ3n) is 6.02. The van der Waals surface area contributed by atoms with Crippen LogP contribution in [0.5, 0.6) is 0 Å². The molecule has 0 fully saturated rings. The second kappa shape index (κ2) is 9.01. The van der Waals surface area contributed by atoms with E-state index in [1.54, 1.807) is 47.4 Å². The Labute approximate surface area is 207 Å². The van der Waals surface area contributed by atoms with Gasteiger partial charge in [-0.2, -0.15) is 0 Å². The Morgan fingerprint density at radius 1 is 0.882 bits per heavy atom. The van der Waals surface area contributed by atoms with Crippen molar-refractivity contribution in [3.05, 3.63) is 117 Å². The van der Waals surface area contributed by atoms with E-state index in [2.05, 4.69) is 5.32 Å². The Hall–Kier alpha value is -3.54. The van der Waals surface area contributed by atoms with Gasteiger partial charge in [0.1, 0.15) is 5.15 Å². The minimum atomic E-state index is -0.229. The molecule has 0 atom stereocenters. The highest BCUT2D eigenvalue weighted by atomic mass is 35.5. The maximum atomic E-state index is 13.5. The number of benzene rings is 3. The van der Waals surface area contributed by atoms with Gasteiger partial charge in [0.25, 0.3) is 11.8 Å². The van der Waals surface area contributed by atoms with Gasteiger partial charge in [0.05, 0.1) is 13.1 Å².